The van der Waals surface area contributed by atoms with Crippen molar-refractivity contribution in [3.63, 3.8) is 0 Å². The molecule has 3 rings (SSSR count). The van der Waals surface area contributed by atoms with Crippen molar-refractivity contribution >= 4 is 30.3 Å². The van der Waals surface area contributed by atoms with E-state index in [0.717, 1.165) is 18.4 Å². The summed E-state index contributed by atoms with van der Waals surface area (Å²) in [6.07, 6.45) is 3.33. The number of amides is 4. The van der Waals surface area contributed by atoms with Gasteiger partial charge in [-0.25, -0.2) is 4.79 Å². The van der Waals surface area contributed by atoms with Crippen LogP contribution in [0.1, 0.15) is 69.0 Å². The number of nitrogens with one attached hydrogen (secondary N) is 2. The Morgan fingerprint density at radius 3 is 2.34 bits per heavy atom. The summed E-state index contributed by atoms with van der Waals surface area (Å²) in [5.74, 6) is 0.0470. The van der Waals surface area contributed by atoms with E-state index in [-0.39, 0.29) is 49.3 Å². The molecule has 0 aromatic heterocycles. The van der Waals surface area contributed by atoms with Crippen LogP contribution in [-0.2, 0) is 9.59 Å². The van der Waals surface area contributed by atoms with Gasteiger partial charge in [0, 0.05) is 25.6 Å². The Hall–Kier alpha value is -2.12. The lowest BCUT2D eigenvalue weighted by Crippen LogP contribution is -2.44. The normalized spacial score (nSPS) is 18.7. The van der Waals surface area contributed by atoms with Crippen molar-refractivity contribution in [2.45, 2.75) is 63.5 Å². The first kappa shape index (κ1) is 23.2. The zero-order chi connectivity index (χ0) is 20.3. The average molecular weight is 423 g/mol. The van der Waals surface area contributed by atoms with Crippen molar-refractivity contribution < 1.29 is 14.4 Å². The molecule has 8 heteroatoms. The van der Waals surface area contributed by atoms with Crippen molar-refractivity contribution in [2.75, 3.05) is 13.1 Å². The van der Waals surface area contributed by atoms with Crippen LogP contribution >= 0.6 is 12.4 Å². The molecule has 29 heavy (non-hydrogen) atoms. The van der Waals surface area contributed by atoms with Gasteiger partial charge in [0.25, 0.3) is 5.91 Å². The number of rotatable bonds is 7. The van der Waals surface area contributed by atoms with Gasteiger partial charge in [-0.2, -0.15) is 0 Å². The minimum absolute atomic E-state index is 0. The van der Waals surface area contributed by atoms with Gasteiger partial charge in [0.05, 0.1) is 0 Å². The fourth-order valence-electron chi connectivity index (χ4n) is 3.97. The highest BCUT2D eigenvalue weighted by molar-refractivity contribution is 6.07. The highest BCUT2D eigenvalue weighted by Crippen LogP contribution is 2.35. The van der Waals surface area contributed by atoms with Crippen LogP contribution in [0.3, 0.4) is 0 Å². The number of hydrogen-bond acceptors (Lipinski definition) is 4. The molecule has 1 spiro atoms. The van der Waals surface area contributed by atoms with Gasteiger partial charge < -0.3 is 16.4 Å². The third-order valence-electron chi connectivity index (χ3n) is 5.82. The van der Waals surface area contributed by atoms with Gasteiger partial charge in [-0.3, -0.25) is 14.5 Å². The Labute approximate surface area is 178 Å². The lowest BCUT2D eigenvalue weighted by molar-refractivity contribution is -0.131. The summed E-state index contributed by atoms with van der Waals surface area (Å²) in [6.45, 7) is 4.67. The maximum atomic E-state index is 12.6. The van der Waals surface area contributed by atoms with E-state index in [4.69, 9.17) is 5.73 Å². The number of hydrogen-bond donors (Lipinski definition) is 3. The second-order valence-corrected chi connectivity index (χ2v) is 8.16. The van der Waals surface area contributed by atoms with Gasteiger partial charge in [-0.15, -0.1) is 12.4 Å². The smallest absolute Gasteiger partial charge is 0.325 e. The van der Waals surface area contributed by atoms with Gasteiger partial charge in [-0.1, -0.05) is 51.0 Å². The molecule has 1 aromatic rings. The standard InChI is InChI=1S/C21H30N4O3.ClH/c1-14(2)15-5-7-16(8-6-15)17(22)13-23-18(26)9-12-25-19(27)21(24-20(25)28)10-3-4-11-21;/h5-8,14,17H,3-4,9-13,22H2,1-2H3,(H,23,26)(H,24,28);1H. The van der Waals surface area contributed by atoms with Crippen molar-refractivity contribution in [1.82, 2.24) is 15.5 Å². The zero-order valence-electron chi connectivity index (χ0n) is 17.1. The molecule has 160 valence electrons. The molecule has 1 aliphatic carbocycles. The van der Waals surface area contributed by atoms with E-state index in [1.165, 1.54) is 10.5 Å². The number of nitrogens with zero attached hydrogens (tertiary/aromatic N) is 1. The second-order valence-electron chi connectivity index (χ2n) is 8.16. The van der Waals surface area contributed by atoms with Gasteiger partial charge in [0.2, 0.25) is 5.91 Å². The summed E-state index contributed by atoms with van der Waals surface area (Å²) in [6, 6.07) is 7.39. The summed E-state index contributed by atoms with van der Waals surface area (Å²) in [5, 5.41) is 5.62. The quantitative estimate of drug-likeness (QED) is 0.587. The summed E-state index contributed by atoms with van der Waals surface area (Å²) < 4.78 is 0. The fourth-order valence-corrected chi connectivity index (χ4v) is 3.97. The molecule has 4 N–H and O–H groups in total. The molecule has 2 fully saturated rings. The molecule has 1 unspecified atom stereocenters. The minimum atomic E-state index is -0.724. The largest absolute Gasteiger partial charge is 0.354 e. The van der Waals surface area contributed by atoms with Crippen LogP contribution in [-0.4, -0.2) is 41.4 Å². The Kier molecular flexibility index (Phi) is 7.66. The summed E-state index contributed by atoms with van der Waals surface area (Å²) in [7, 11) is 0. The van der Waals surface area contributed by atoms with Crippen LogP contribution in [0.15, 0.2) is 24.3 Å². The van der Waals surface area contributed by atoms with Crippen molar-refractivity contribution in [3.8, 4) is 0 Å². The van der Waals surface area contributed by atoms with Gasteiger partial charge >= 0.3 is 6.03 Å². The zero-order valence-corrected chi connectivity index (χ0v) is 17.9. The van der Waals surface area contributed by atoms with Crippen molar-refractivity contribution in [3.05, 3.63) is 35.4 Å². The summed E-state index contributed by atoms with van der Waals surface area (Å²) in [5.41, 5.74) is 7.65. The molecule has 0 radical (unpaired) electrons. The molecule has 1 saturated carbocycles. The van der Waals surface area contributed by atoms with Gasteiger partial charge in [0.15, 0.2) is 0 Å². The van der Waals surface area contributed by atoms with E-state index in [1.54, 1.807) is 0 Å². The topological polar surface area (TPSA) is 105 Å². The minimum Gasteiger partial charge on any atom is -0.354 e. The molecule has 2 aliphatic rings. The van der Waals surface area contributed by atoms with Crippen LogP contribution in [0.25, 0.3) is 0 Å². The third kappa shape index (κ3) is 5.08. The Morgan fingerprint density at radius 1 is 1.17 bits per heavy atom. The predicted octanol–water partition coefficient (Wildman–Crippen LogP) is 2.60. The Bertz CT molecular complexity index is 745. The number of imide groups is 1. The van der Waals surface area contributed by atoms with E-state index >= 15 is 0 Å². The van der Waals surface area contributed by atoms with Crippen LogP contribution in [0.2, 0.25) is 0 Å². The van der Waals surface area contributed by atoms with E-state index in [1.807, 2.05) is 12.1 Å². The van der Waals surface area contributed by atoms with Gasteiger partial charge in [-0.05, 0) is 29.9 Å². The first-order valence-electron chi connectivity index (χ1n) is 10.1. The Balaban J connectivity index is 0.00000300. The molecule has 1 atom stereocenters. The molecule has 1 saturated heterocycles. The van der Waals surface area contributed by atoms with Gasteiger partial charge in [0.1, 0.15) is 5.54 Å². The number of nitrogens with two attached hydrogens (primary N) is 1. The average Bonchev–Trinajstić information content (AvgIpc) is 3.23. The van der Waals surface area contributed by atoms with Crippen LogP contribution in [0.4, 0.5) is 4.79 Å². The van der Waals surface area contributed by atoms with E-state index in [9.17, 15) is 14.4 Å². The highest BCUT2D eigenvalue weighted by atomic mass is 35.5. The maximum Gasteiger partial charge on any atom is 0.325 e. The van der Waals surface area contributed by atoms with E-state index < -0.39 is 5.54 Å². The molecule has 1 heterocycles. The predicted molar refractivity (Wildman–Crippen MR) is 114 cm³/mol. The van der Waals surface area contributed by atoms with Crippen molar-refractivity contribution in [1.29, 1.82) is 0 Å². The molecule has 4 amide bonds. The van der Waals surface area contributed by atoms with Crippen LogP contribution in [0, 0.1) is 0 Å². The monoisotopic (exact) mass is 422 g/mol. The molecular formula is C21H31ClN4O3. The number of halogens is 1. The second kappa shape index (κ2) is 9.59. The molecule has 0 bridgehead atoms. The number of benzene rings is 1. The maximum absolute atomic E-state index is 12.6. The third-order valence-corrected chi connectivity index (χ3v) is 5.82. The number of carbonyl (C=O) groups excluding carboxylic acids is 3. The molecule has 7 nitrogen and oxygen atoms in total. The Morgan fingerprint density at radius 2 is 1.76 bits per heavy atom. The van der Waals surface area contributed by atoms with Crippen molar-refractivity contribution in [2.24, 2.45) is 5.73 Å². The number of urea groups is 1. The first-order valence-corrected chi connectivity index (χ1v) is 10.1. The van der Waals surface area contributed by atoms with Crippen LogP contribution < -0.4 is 16.4 Å². The SMILES string of the molecule is CC(C)c1ccc(C(N)CNC(=O)CCN2C(=O)NC3(CCCC3)C2=O)cc1.Cl. The summed E-state index contributed by atoms with van der Waals surface area (Å²) >= 11 is 0. The summed E-state index contributed by atoms with van der Waals surface area (Å²) in [4.78, 5) is 38.0. The van der Waals surface area contributed by atoms with E-state index in [0.29, 0.717) is 25.3 Å². The molecule has 1 aromatic carbocycles. The molecular weight excluding hydrogens is 392 g/mol. The highest BCUT2D eigenvalue weighted by Gasteiger charge is 2.52. The van der Waals surface area contributed by atoms with E-state index in [2.05, 4.69) is 36.6 Å². The lowest BCUT2D eigenvalue weighted by atomic mass is 9.98. The first-order chi connectivity index (χ1) is 13.3. The molecule has 1 aliphatic heterocycles. The van der Waals surface area contributed by atoms with Crippen LogP contribution in [0.5, 0.6) is 0 Å². The fraction of sp³-hybridized carbons (Fsp3) is 0.571. The number of carbonyl (C=O) groups is 3. The lowest BCUT2D eigenvalue weighted by Gasteiger charge is -2.20.